The van der Waals surface area contributed by atoms with Gasteiger partial charge in [-0.05, 0) is 81.9 Å². The molecular formula is C49H42FN3O10. The molecule has 320 valence electrons. The third-order valence-electron chi connectivity index (χ3n) is 10.0. The van der Waals surface area contributed by atoms with Gasteiger partial charge in [0.1, 0.15) is 47.7 Å². The summed E-state index contributed by atoms with van der Waals surface area (Å²) in [5, 5.41) is 24.4. The van der Waals surface area contributed by atoms with Crippen LogP contribution in [0, 0.1) is 5.82 Å². The van der Waals surface area contributed by atoms with E-state index in [1.807, 2.05) is 91.0 Å². The molecule has 1 aliphatic heterocycles. The summed E-state index contributed by atoms with van der Waals surface area (Å²) < 4.78 is 35.0. The number of aromatic nitrogens is 1. The Morgan fingerprint density at radius 2 is 1.30 bits per heavy atom. The minimum absolute atomic E-state index is 0.00747. The fourth-order valence-electron chi connectivity index (χ4n) is 6.89. The van der Waals surface area contributed by atoms with E-state index in [0.29, 0.717) is 23.3 Å². The van der Waals surface area contributed by atoms with Gasteiger partial charge in [0.15, 0.2) is 6.61 Å². The molecule has 0 fully saturated rings. The molecule has 2 aromatic heterocycles. The van der Waals surface area contributed by atoms with Gasteiger partial charge in [0, 0.05) is 42.6 Å². The SMILES string of the molecule is O=C(NC(Cc1ccc(F)cc1)C(=O)O)OCc1cc2cc(-c3cccnc3)ccc2o1.O=C(N[C@H](Cc1ccccc1)C(=O)O)OC[C@H]1Cc2cc(-c3ccccc3)ccc2O1. The third kappa shape index (κ3) is 12.1. The lowest BCUT2D eigenvalue weighted by Crippen LogP contribution is -2.43. The van der Waals surface area contributed by atoms with E-state index in [1.54, 1.807) is 18.5 Å². The number of carboxylic acids is 2. The molecule has 13 nitrogen and oxygen atoms in total. The van der Waals surface area contributed by atoms with Gasteiger partial charge in [-0.1, -0.05) is 91.0 Å². The molecule has 0 bridgehead atoms. The second-order valence-corrected chi connectivity index (χ2v) is 14.6. The molecule has 0 saturated carbocycles. The summed E-state index contributed by atoms with van der Waals surface area (Å²) in [6.45, 7) is -0.121. The quantitative estimate of drug-likeness (QED) is 0.0821. The number of furan rings is 1. The number of alkyl carbamates (subject to hydrolysis) is 2. The summed E-state index contributed by atoms with van der Waals surface area (Å²) in [7, 11) is 0. The van der Waals surface area contributed by atoms with Crippen molar-refractivity contribution < 1.29 is 52.4 Å². The molecule has 0 radical (unpaired) electrons. The number of halogens is 1. The Bertz CT molecular complexity index is 2660. The van der Waals surface area contributed by atoms with Crippen LogP contribution >= 0.6 is 0 Å². The highest BCUT2D eigenvalue weighted by molar-refractivity contribution is 5.84. The second-order valence-electron chi connectivity index (χ2n) is 14.6. The number of hydrogen-bond acceptors (Lipinski definition) is 9. The maximum Gasteiger partial charge on any atom is 0.408 e. The number of carbonyl (C=O) groups is 4. The monoisotopic (exact) mass is 851 g/mol. The molecule has 8 rings (SSSR count). The van der Waals surface area contributed by atoms with Gasteiger partial charge in [0.25, 0.3) is 0 Å². The van der Waals surface area contributed by atoms with E-state index in [2.05, 4.69) is 33.8 Å². The first-order chi connectivity index (χ1) is 30.6. The molecule has 0 aliphatic carbocycles. The van der Waals surface area contributed by atoms with Gasteiger partial charge in [-0.3, -0.25) is 4.98 Å². The number of carbonyl (C=O) groups excluding carboxylic acids is 2. The van der Waals surface area contributed by atoms with Crippen LogP contribution in [0.15, 0.2) is 156 Å². The van der Waals surface area contributed by atoms with Crippen LogP contribution in [-0.4, -0.2) is 64.1 Å². The van der Waals surface area contributed by atoms with Crippen LogP contribution in [0.2, 0.25) is 0 Å². The fraction of sp³-hybridized carbons (Fsp3) is 0.163. The lowest BCUT2D eigenvalue weighted by atomic mass is 10.0. The molecule has 2 amide bonds. The molecule has 5 aromatic carbocycles. The summed E-state index contributed by atoms with van der Waals surface area (Å²) in [5.74, 6) is -1.56. The van der Waals surface area contributed by atoms with E-state index >= 15 is 0 Å². The Morgan fingerprint density at radius 1 is 0.683 bits per heavy atom. The number of nitrogens with zero attached hydrogens (tertiary/aromatic N) is 1. The van der Waals surface area contributed by atoms with Crippen LogP contribution in [0.3, 0.4) is 0 Å². The number of ether oxygens (including phenoxy) is 3. The van der Waals surface area contributed by atoms with Gasteiger partial charge in [-0.15, -0.1) is 0 Å². The van der Waals surface area contributed by atoms with Gasteiger partial charge in [0.05, 0.1) is 0 Å². The zero-order chi connectivity index (χ0) is 44.1. The Labute approximate surface area is 361 Å². The molecule has 63 heavy (non-hydrogen) atoms. The number of hydrogen-bond donors (Lipinski definition) is 4. The van der Waals surface area contributed by atoms with Crippen LogP contribution in [0.5, 0.6) is 5.75 Å². The molecule has 4 N–H and O–H groups in total. The van der Waals surface area contributed by atoms with E-state index < -0.39 is 42.0 Å². The number of rotatable bonds is 14. The Morgan fingerprint density at radius 3 is 1.97 bits per heavy atom. The zero-order valence-corrected chi connectivity index (χ0v) is 33.7. The molecular weight excluding hydrogens is 810 g/mol. The number of carboxylic acid groups (broad SMARTS) is 2. The summed E-state index contributed by atoms with van der Waals surface area (Å²) in [5.41, 5.74) is 7.25. The number of pyridine rings is 1. The Balaban J connectivity index is 0.000000189. The van der Waals surface area contributed by atoms with Crippen molar-refractivity contribution in [3.8, 4) is 28.0 Å². The highest BCUT2D eigenvalue weighted by atomic mass is 19.1. The van der Waals surface area contributed by atoms with Gasteiger partial charge in [-0.2, -0.15) is 0 Å². The van der Waals surface area contributed by atoms with Crippen molar-refractivity contribution in [2.45, 2.75) is 44.1 Å². The van der Waals surface area contributed by atoms with E-state index in [9.17, 15) is 33.8 Å². The number of fused-ring (bicyclic) bond motifs is 2. The van der Waals surface area contributed by atoms with Crippen molar-refractivity contribution in [2.24, 2.45) is 0 Å². The van der Waals surface area contributed by atoms with Crippen molar-refractivity contribution in [1.82, 2.24) is 15.6 Å². The fourth-order valence-corrected chi connectivity index (χ4v) is 6.89. The van der Waals surface area contributed by atoms with Crippen LogP contribution < -0.4 is 15.4 Å². The van der Waals surface area contributed by atoms with Gasteiger partial charge < -0.3 is 39.5 Å². The maximum absolute atomic E-state index is 13.0. The molecule has 0 saturated heterocycles. The molecule has 7 aromatic rings. The predicted octanol–water partition coefficient (Wildman–Crippen LogP) is 8.64. The van der Waals surface area contributed by atoms with Crippen molar-refractivity contribution in [1.29, 1.82) is 0 Å². The second kappa shape index (κ2) is 20.5. The first-order valence-corrected chi connectivity index (χ1v) is 19.9. The Kier molecular flexibility index (Phi) is 14.0. The minimum atomic E-state index is -1.22. The average molecular weight is 852 g/mol. The van der Waals surface area contributed by atoms with Crippen LogP contribution in [0.4, 0.5) is 14.0 Å². The number of benzene rings is 5. The summed E-state index contributed by atoms with van der Waals surface area (Å²) in [6.07, 6.45) is 2.30. The maximum atomic E-state index is 13.0. The van der Waals surface area contributed by atoms with Crippen LogP contribution in [0.25, 0.3) is 33.2 Å². The largest absolute Gasteiger partial charge is 0.486 e. The summed E-state index contributed by atoms with van der Waals surface area (Å²) >= 11 is 0. The van der Waals surface area contributed by atoms with Gasteiger partial charge in [-0.25, -0.2) is 23.6 Å². The molecule has 1 aliphatic rings. The molecule has 1 unspecified atom stereocenters. The van der Waals surface area contributed by atoms with Crippen molar-refractivity contribution in [3.63, 3.8) is 0 Å². The van der Waals surface area contributed by atoms with E-state index in [-0.39, 0.29) is 32.2 Å². The highest BCUT2D eigenvalue weighted by Crippen LogP contribution is 2.33. The van der Waals surface area contributed by atoms with E-state index in [0.717, 1.165) is 44.5 Å². The highest BCUT2D eigenvalue weighted by Gasteiger charge is 2.27. The van der Waals surface area contributed by atoms with Crippen LogP contribution in [0.1, 0.15) is 22.5 Å². The number of aliphatic carboxylic acids is 2. The van der Waals surface area contributed by atoms with Crippen LogP contribution in [-0.2, 0) is 44.9 Å². The van der Waals surface area contributed by atoms with E-state index in [1.165, 1.54) is 24.3 Å². The third-order valence-corrected chi connectivity index (χ3v) is 10.0. The smallest absolute Gasteiger partial charge is 0.408 e. The number of nitrogens with one attached hydrogen (secondary N) is 2. The summed E-state index contributed by atoms with van der Waals surface area (Å²) in [6, 6.07) is 39.6. The Hall–Kier alpha value is -8.00. The van der Waals surface area contributed by atoms with Gasteiger partial charge >= 0.3 is 24.1 Å². The lowest BCUT2D eigenvalue weighted by Gasteiger charge is -2.16. The lowest BCUT2D eigenvalue weighted by molar-refractivity contribution is -0.140. The van der Waals surface area contributed by atoms with Crippen molar-refractivity contribution in [2.75, 3.05) is 6.61 Å². The molecule has 14 heteroatoms. The molecule has 3 atom stereocenters. The number of amides is 2. The standard InChI is InChI=1S/C25H23NO5.C24H19FN2O5/c27-24(28)22(13-17-7-3-1-4-8-17)26-25(29)30-16-21-15-20-14-19(11-12-23(20)31-21)18-9-5-2-6-10-18;25-19-6-3-15(4-7-19)10-21(23(28)29)27-24(30)31-14-20-12-18-11-16(5-8-22(18)32-20)17-2-1-9-26-13-17/h1-12,14,21-22H,13,15-16H2,(H,26,29)(H,27,28);1-9,11-13,21H,10,14H2,(H,27,30)(H,28,29)/t21-,22-;/m1./s1. The first-order valence-electron chi connectivity index (χ1n) is 19.9. The molecule has 0 spiro atoms. The minimum Gasteiger partial charge on any atom is -0.486 e. The van der Waals surface area contributed by atoms with Gasteiger partial charge in [0.2, 0.25) is 0 Å². The van der Waals surface area contributed by atoms with Crippen molar-refractivity contribution in [3.05, 3.63) is 180 Å². The molecule has 3 heterocycles. The first kappa shape index (κ1) is 43.1. The van der Waals surface area contributed by atoms with Crippen molar-refractivity contribution >= 4 is 35.1 Å². The average Bonchev–Trinajstić information content (AvgIpc) is 3.92. The topological polar surface area (TPSA) is 187 Å². The zero-order valence-electron chi connectivity index (χ0n) is 33.7. The van der Waals surface area contributed by atoms with E-state index in [4.69, 9.17) is 18.6 Å². The predicted molar refractivity (Wildman–Crippen MR) is 230 cm³/mol. The normalized spacial score (nSPS) is 13.6. The summed E-state index contributed by atoms with van der Waals surface area (Å²) in [4.78, 5) is 51.4.